The van der Waals surface area contributed by atoms with Crippen molar-refractivity contribution in [3.63, 3.8) is 0 Å². The number of nitrogens with one attached hydrogen (secondary N) is 1. The largest absolute Gasteiger partial charge is 0.494 e. The summed E-state index contributed by atoms with van der Waals surface area (Å²) in [6, 6.07) is 21.5. The summed E-state index contributed by atoms with van der Waals surface area (Å²) >= 11 is 0. The summed E-state index contributed by atoms with van der Waals surface area (Å²) in [6.45, 7) is 8.04. The normalized spacial score (nSPS) is 11.9. The highest BCUT2D eigenvalue weighted by atomic mass is 32.2. The quantitative estimate of drug-likeness (QED) is 0.337. The maximum absolute atomic E-state index is 14.0. The van der Waals surface area contributed by atoms with Crippen molar-refractivity contribution in [3.8, 4) is 5.75 Å². The van der Waals surface area contributed by atoms with Crippen LogP contribution in [0.2, 0.25) is 0 Å². The molecule has 39 heavy (non-hydrogen) atoms. The van der Waals surface area contributed by atoms with E-state index in [-0.39, 0.29) is 17.3 Å². The minimum Gasteiger partial charge on any atom is -0.494 e. The number of aryl methyl sites for hydroxylation is 1. The Balaban J connectivity index is 2.05. The standard InChI is InChI=1S/C30H37N3O5S/c1-5-28(30(35)31-6-2)32(21-24-13-11-12-23(4)20-24)29(34)22-33(25-16-18-26(19-17-25)38-7-3)39(36,37)27-14-9-8-10-15-27/h8-20,28H,5-7,21-22H2,1-4H3,(H,31,35). The van der Waals surface area contributed by atoms with Crippen LogP contribution in [0.25, 0.3) is 0 Å². The predicted octanol–water partition coefficient (Wildman–Crippen LogP) is 4.53. The molecule has 0 bridgehead atoms. The van der Waals surface area contributed by atoms with Crippen LogP contribution in [-0.4, -0.2) is 50.9 Å². The summed E-state index contributed by atoms with van der Waals surface area (Å²) in [5.74, 6) is -0.171. The van der Waals surface area contributed by atoms with Crippen molar-refractivity contribution in [2.24, 2.45) is 0 Å². The van der Waals surface area contributed by atoms with E-state index in [0.717, 1.165) is 15.4 Å². The molecule has 0 radical (unpaired) electrons. The lowest BCUT2D eigenvalue weighted by Crippen LogP contribution is -2.52. The second-order valence-electron chi connectivity index (χ2n) is 9.08. The molecule has 2 amide bonds. The second-order valence-corrected chi connectivity index (χ2v) is 10.9. The van der Waals surface area contributed by atoms with Gasteiger partial charge in [0.1, 0.15) is 18.3 Å². The molecule has 3 rings (SSSR count). The average Bonchev–Trinajstić information content (AvgIpc) is 2.93. The van der Waals surface area contributed by atoms with Crippen molar-refractivity contribution in [2.45, 2.75) is 51.6 Å². The molecule has 0 saturated heterocycles. The van der Waals surface area contributed by atoms with Gasteiger partial charge in [-0.1, -0.05) is 55.0 Å². The van der Waals surface area contributed by atoms with Gasteiger partial charge in [0.05, 0.1) is 17.2 Å². The maximum Gasteiger partial charge on any atom is 0.264 e. The fraction of sp³-hybridized carbons (Fsp3) is 0.333. The minimum atomic E-state index is -4.11. The van der Waals surface area contributed by atoms with E-state index in [9.17, 15) is 18.0 Å². The lowest BCUT2D eigenvalue weighted by atomic mass is 10.1. The topological polar surface area (TPSA) is 96.0 Å². The summed E-state index contributed by atoms with van der Waals surface area (Å²) in [5, 5.41) is 2.81. The van der Waals surface area contributed by atoms with E-state index >= 15 is 0 Å². The molecule has 1 unspecified atom stereocenters. The number of carbonyl (C=O) groups is 2. The van der Waals surface area contributed by atoms with Crippen LogP contribution >= 0.6 is 0 Å². The zero-order valence-corrected chi connectivity index (χ0v) is 23.8. The first-order valence-electron chi connectivity index (χ1n) is 13.1. The SMILES string of the molecule is CCNC(=O)C(CC)N(Cc1cccc(C)c1)C(=O)CN(c1ccc(OCC)cc1)S(=O)(=O)c1ccccc1. The van der Waals surface area contributed by atoms with Crippen LogP contribution in [-0.2, 0) is 26.2 Å². The number of rotatable bonds is 13. The maximum atomic E-state index is 14.0. The smallest absolute Gasteiger partial charge is 0.264 e. The molecule has 8 nitrogen and oxygen atoms in total. The predicted molar refractivity (Wildman–Crippen MR) is 153 cm³/mol. The molecule has 1 N–H and O–H groups in total. The van der Waals surface area contributed by atoms with Crippen LogP contribution in [0.15, 0.2) is 83.8 Å². The van der Waals surface area contributed by atoms with Gasteiger partial charge in [-0.05, 0) is 69.2 Å². The Morgan fingerprint density at radius 2 is 1.62 bits per heavy atom. The number of benzene rings is 3. The third kappa shape index (κ3) is 7.60. The van der Waals surface area contributed by atoms with E-state index in [4.69, 9.17) is 4.74 Å². The van der Waals surface area contributed by atoms with Crippen molar-refractivity contribution in [1.29, 1.82) is 0 Å². The molecule has 0 saturated carbocycles. The van der Waals surface area contributed by atoms with Crippen molar-refractivity contribution in [3.05, 3.63) is 90.0 Å². The Kier molecular flexibility index (Phi) is 10.5. The Morgan fingerprint density at radius 1 is 0.923 bits per heavy atom. The van der Waals surface area contributed by atoms with Gasteiger partial charge in [-0.15, -0.1) is 0 Å². The molecule has 208 valence electrons. The summed E-state index contributed by atoms with van der Waals surface area (Å²) in [4.78, 5) is 28.5. The third-order valence-corrected chi connectivity index (χ3v) is 8.01. The van der Waals surface area contributed by atoms with Gasteiger partial charge < -0.3 is 15.0 Å². The highest BCUT2D eigenvalue weighted by Crippen LogP contribution is 2.27. The van der Waals surface area contributed by atoms with E-state index in [1.165, 1.54) is 17.0 Å². The first kappa shape index (κ1) is 29.7. The lowest BCUT2D eigenvalue weighted by Gasteiger charge is -2.33. The van der Waals surface area contributed by atoms with Gasteiger partial charge >= 0.3 is 0 Å². The summed E-state index contributed by atoms with van der Waals surface area (Å²) in [6.07, 6.45) is 0.373. The molecule has 0 aliphatic rings. The number of likely N-dealkylation sites (N-methyl/N-ethyl adjacent to an activating group) is 1. The highest BCUT2D eigenvalue weighted by molar-refractivity contribution is 7.92. The molecule has 0 aromatic heterocycles. The first-order valence-corrected chi connectivity index (χ1v) is 14.6. The van der Waals surface area contributed by atoms with Gasteiger partial charge in [-0.25, -0.2) is 8.42 Å². The zero-order chi connectivity index (χ0) is 28.4. The van der Waals surface area contributed by atoms with Gasteiger partial charge in [-0.3, -0.25) is 13.9 Å². The zero-order valence-electron chi connectivity index (χ0n) is 23.0. The average molecular weight is 552 g/mol. The van der Waals surface area contributed by atoms with Crippen LogP contribution in [0, 0.1) is 6.92 Å². The van der Waals surface area contributed by atoms with Crippen molar-refractivity contribution in [1.82, 2.24) is 10.2 Å². The molecule has 0 aliphatic heterocycles. The minimum absolute atomic E-state index is 0.0627. The van der Waals surface area contributed by atoms with E-state index < -0.39 is 28.5 Å². The fourth-order valence-corrected chi connectivity index (χ4v) is 5.78. The Morgan fingerprint density at radius 3 is 2.21 bits per heavy atom. The molecule has 9 heteroatoms. The van der Waals surface area contributed by atoms with E-state index in [1.807, 2.05) is 52.0 Å². The van der Waals surface area contributed by atoms with E-state index in [1.54, 1.807) is 42.5 Å². The van der Waals surface area contributed by atoms with Crippen molar-refractivity contribution in [2.75, 3.05) is 24.0 Å². The first-order chi connectivity index (χ1) is 18.7. The molecule has 0 fully saturated rings. The van der Waals surface area contributed by atoms with Crippen LogP contribution in [0.1, 0.15) is 38.3 Å². The number of hydrogen-bond acceptors (Lipinski definition) is 5. The number of carbonyl (C=O) groups excluding carboxylic acids is 2. The van der Waals surface area contributed by atoms with E-state index in [0.29, 0.717) is 31.0 Å². The molecular formula is C30H37N3O5S. The number of ether oxygens (including phenoxy) is 1. The van der Waals surface area contributed by atoms with Gasteiger partial charge in [0.25, 0.3) is 10.0 Å². The van der Waals surface area contributed by atoms with Crippen LogP contribution < -0.4 is 14.4 Å². The number of sulfonamides is 1. The van der Waals surface area contributed by atoms with Gasteiger partial charge in [0.15, 0.2) is 0 Å². The van der Waals surface area contributed by atoms with Crippen molar-refractivity contribution < 1.29 is 22.7 Å². The molecule has 1 atom stereocenters. The number of anilines is 1. The second kappa shape index (κ2) is 13.8. The number of hydrogen-bond donors (Lipinski definition) is 1. The summed E-state index contributed by atoms with van der Waals surface area (Å²) < 4.78 is 34.3. The molecule has 0 heterocycles. The Labute approximate surface area is 231 Å². The number of nitrogens with zero attached hydrogens (tertiary/aromatic N) is 2. The fourth-order valence-electron chi connectivity index (χ4n) is 4.34. The molecule has 3 aromatic rings. The highest BCUT2D eigenvalue weighted by Gasteiger charge is 2.33. The summed E-state index contributed by atoms with van der Waals surface area (Å²) in [7, 11) is -4.11. The molecular weight excluding hydrogens is 514 g/mol. The molecule has 3 aromatic carbocycles. The molecule has 0 aliphatic carbocycles. The van der Waals surface area contributed by atoms with E-state index in [2.05, 4.69) is 5.32 Å². The summed E-state index contributed by atoms with van der Waals surface area (Å²) in [5.41, 5.74) is 2.19. The third-order valence-electron chi connectivity index (χ3n) is 6.22. The number of amides is 2. The van der Waals surface area contributed by atoms with Gasteiger partial charge in [-0.2, -0.15) is 0 Å². The van der Waals surface area contributed by atoms with Crippen LogP contribution in [0.3, 0.4) is 0 Å². The van der Waals surface area contributed by atoms with Gasteiger partial charge in [0.2, 0.25) is 11.8 Å². The monoisotopic (exact) mass is 551 g/mol. The van der Waals surface area contributed by atoms with Crippen LogP contribution in [0.4, 0.5) is 5.69 Å². The van der Waals surface area contributed by atoms with Crippen LogP contribution in [0.5, 0.6) is 5.75 Å². The van der Waals surface area contributed by atoms with Crippen molar-refractivity contribution >= 4 is 27.5 Å². The Hall–Kier alpha value is -3.85. The Bertz CT molecular complexity index is 1340. The molecule has 0 spiro atoms. The van der Waals surface area contributed by atoms with Gasteiger partial charge in [0, 0.05) is 13.1 Å². The lowest BCUT2D eigenvalue weighted by molar-refractivity contribution is -0.140.